The van der Waals surface area contributed by atoms with Gasteiger partial charge in [0.05, 0.1) is 17.6 Å². The predicted molar refractivity (Wildman–Crippen MR) is 161 cm³/mol. The van der Waals surface area contributed by atoms with Gasteiger partial charge in [-0.05, 0) is 84.0 Å². The molecule has 192 valence electrons. The van der Waals surface area contributed by atoms with Crippen LogP contribution in [0.5, 0.6) is 0 Å². The molecule has 5 heteroatoms. The van der Waals surface area contributed by atoms with Crippen LogP contribution in [0.15, 0.2) is 108 Å². The SMILES string of the molecule is Cc1cnc(-c2cccc3c2oc2ncccc23)cc1-c1c(C)cc(-c2ccc(-c3cnccn3)cc2)cc1C. The number of hydrogen-bond acceptors (Lipinski definition) is 5. The van der Waals surface area contributed by atoms with Crippen molar-refractivity contribution in [3.63, 3.8) is 0 Å². The van der Waals surface area contributed by atoms with Gasteiger partial charge in [-0.2, -0.15) is 0 Å². The zero-order valence-electron chi connectivity index (χ0n) is 22.5. The highest BCUT2D eigenvalue weighted by molar-refractivity contribution is 6.08. The van der Waals surface area contributed by atoms with Crippen LogP contribution in [-0.4, -0.2) is 19.9 Å². The van der Waals surface area contributed by atoms with Crippen LogP contribution < -0.4 is 0 Å². The van der Waals surface area contributed by atoms with Crippen molar-refractivity contribution in [3.8, 4) is 44.8 Å². The van der Waals surface area contributed by atoms with Crippen molar-refractivity contribution in [2.75, 3.05) is 0 Å². The van der Waals surface area contributed by atoms with E-state index in [-0.39, 0.29) is 0 Å². The first-order chi connectivity index (χ1) is 19.6. The summed E-state index contributed by atoms with van der Waals surface area (Å²) in [6.45, 7) is 6.49. The first-order valence-corrected chi connectivity index (χ1v) is 13.3. The minimum atomic E-state index is 0.643. The molecule has 0 N–H and O–H groups in total. The average Bonchev–Trinajstić information content (AvgIpc) is 3.37. The summed E-state index contributed by atoms with van der Waals surface area (Å²) in [6, 6.07) is 25.4. The second-order valence-electron chi connectivity index (χ2n) is 10.2. The molecule has 0 aliphatic carbocycles. The molecule has 4 aromatic heterocycles. The Bertz CT molecular complexity index is 2000. The normalized spacial score (nSPS) is 11.4. The third-order valence-corrected chi connectivity index (χ3v) is 7.53. The molecule has 0 saturated carbocycles. The number of furan rings is 1. The van der Waals surface area contributed by atoms with Crippen molar-refractivity contribution in [1.29, 1.82) is 0 Å². The van der Waals surface area contributed by atoms with Crippen LogP contribution in [0.4, 0.5) is 0 Å². The zero-order chi connectivity index (χ0) is 27.2. The number of fused-ring (bicyclic) bond motifs is 3. The molecule has 3 aromatic carbocycles. The Labute approximate surface area is 232 Å². The maximum absolute atomic E-state index is 6.20. The van der Waals surface area contributed by atoms with Crippen LogP contribution >= 0.6 is 0 Å². The number of hydrogen-bond donors (Lipinski definition) is 0. The maximum Gasteiger partial charge on any atom is 0.227 e. The van der Waals surface area contributed by atoms with Gasteiger partial charge in [0.1, 0.15) is 5.58 Å². The maximum atomic E-state index is 6.20. The second kappa shape index (κ2) is 9.54. The van der Waals surface area contributed by atoms with E-state index in [1.165, 1.54) is 33.4 Å². The quantitative estimate of drug-likeness (QED) is 0.233. The van der Waals surface area contributed by atoms with Crippen molar-refractivity contribution in [2.24, 2.45) is 0 Å². The van der Waals surface area contributed by atoms with Gasteiger partial charge in [0.15, 0.2) is 0 Å². The average molecular weight is 519 g/mol. The fourth-order valence-electron chi connectivity index (χ4n) is 5.61. The summed E-state index contributed by atoms with van der Waals surface area (Å²) in [4.78, 5) is 17.8. The van der Waals surface area contributed by atoms with Crippen molar-refractivity contribution in [2.45, 2.75) is 20.8 Å². The Kier molecular flexibility index (Phi) is 5.71. The van der Waals surface area contributed by atoms with Crippen LogP contribution in [0, 0.1) is 20.8 Å². The van der Waals surface area contributed by atoms with Gasteiger partial charge in [0, 0.05) is 46.7 Å². The summed E-state index contributed by atoms with van der Waals surface area (Å²) >= 11 is 0. The molecular weight excluding hydrogens is 492 g/mol. The molecule has 0 atom stereocenters. The molecule has 0 spiro atoms. The largest absolute Gasteiger partial charge is 0.437 e. The van der Waals surface area contributed by atoms with Crippen molar-refractivity contribution in [3.05, 3.63) is 120 Å². The number of nitrogens with zero attached hydrogens (tertiary/aromatic N) is 4. The Balaban J connectivity index is 1.29. The van der Waals surface area contributed by atoms with Gasteiger partial charge in [-0.25, -0.2) is 4.98 Å². The molecule has 0 aliphatic rings. The third kappa shape index (κ3) is 4.03. The highest BCUT2D eigenvalue weighted by Crippen LogP contribution is 2.38. The van der Waals surface area contributed by atoms with E-state index in [4.69, 9.17) is 9.40 Å². The van der Waals surface area contributed by atoms with E-state index < -0.39 is 0 Å². The van der Waals surface area contributed by atoms with Gasteiger partial charge in [-0.15, -0.1) is 0 Å². The monoisotopic (exact) mass is 518 g/mol. The minimum absolute atomic E-state index is 0.643. The lowest BCUT2D eigenvalue weighted by molar-refractivity contribution is 0.655. The lowest BCUT2D eigenvalue weighted by atomic mass is 9.89. The number of benzene rings is 3. The molecule has 5 nitrogen and oxygen atoms in total. The second-order valence-corrected chi connectivity index (χ2v) is 10.2. The lowest BCUT2D eigenvalue weighted by Crippen LogP contribution is -1.95. The van der Waals surface area contributed by atoms with Crippen LogP contribution in [0.25, 0.3) is 66.8 Å². The number of aromatic nitrogens is 4. The molecular formula is C35H26N4O. The molecule has 0 unspecified atom stereocenters. The number of pyridine rings is 2. The van der Waals surface area contributed by atoms with Crippen LogP contribution in [-0.2, 0) is 0 Å². The molecule has 0 bridgehead atoms. The Morgan fingerprint density at radius 2 is 1.32 bits per heavy atom. The minimum Gasteiger partial charge on any atom is -0.437 e. The summed E-state index contributed by atoms with van der Waals surface area (Å²) < 4.78 is 6.20. The van der Waals surface area contributed by atoms with E-state index in [1.807, 2.05) is 18.3 Å². The third-order valence-electron chi connectivity index (χ3n) is 7.53. The summed E-state index contributed by atoms with van der Waals surface area (Å²) in [5.41, 5.74) is 13.6. The van der Waals surface area contributed by atoms with E-state index in [0.717, 1.165) is 44.4 Å². The molecule has 4 heterocycles. The summed E-state index contributed by atoms with van der Waals surface area (Å²) in [6.07, 6.45) is 8.91. The van der Waals surface area contributed by atoms with Crippen LogP contribution in [0.1, 0.15) is 16.7 Å². The van der Waals surface area contributed by atoms with Gasteiger partial charge in [0.2, 0.25) is 5.71 Å². The van der Waals surface area contributed by atoms with Gasteiger partial charge >= 0.3 is 0 Å². The van der Waals surface area contributed by atoms with Crippen molar-refractivity contribution >= 4 is 22.1 Å². The van der Waals surface area contributed by atoms with Gasteiger partial charge in [-0.3, -0.25) is 15.0 Å². The van der Waals surface area contributed by atoms with Crippen molar-refractivity contribution < 1.29 is 4.42 Å². The highest BCUT2D eigenvalue weighted by Gasteiger charge is 2.17. The van der Waals surface area contributed by atoms with Crippen LogP contribution in [0.2, 0.25) is 0 Å². The predicted octanol–water partition coefficient (Wildman–Crippen LogP) is 8.76. The molecule has 0 aliphatic heterocycles. The molecule has 0 radical (unpaired) electrons. The molecule has 7 aromatic rings. The lowest BCUT2D eigenvalue weighted by Gasteiger charge is -2.16. The smallest absolute Gasteiger partial charge is 0.227 e. The van der Waals surface area contributed by atoms with E-state index in [2.05, 4.69) is 96.4 Å². The van der Waals surface area contributed by atoms with Gasteiger partial charge in [-0.1, -0.05) is 48.5 Å². The first-order valence-electron chi connectivity index (χ1n) is 13.3. The molecule has 0 saturated heterocycles. The Morgan fingerprint density at radius 3 is 2.10 bits per heavy atom. The highest BCUT2D eigenvalue weighted by atomic mass is 16.3. The zero-order valence-corrected chi connectivity index (χ0v) is 22.5. The summed E-state index contributed by atoms with van der Waals surface area (Å²) in [5.74, 6) is 0. The fourth-order valence-corrected chi connectivity index (χ4v) is 5.61. The number of aryl methyl sites for hydroxylation is 3. The molecule has 40 heavy (non-hydrogen) atoms. The molecule has 0 fully saturated rings. The van der Waals surface area contributed by atoms with E-state index in [0.29, 0.717) is 5.71 Å². The van der Waals surface area contributed by atoms with Crippen LogP contribution in [0.3, 0.4) is 0 Å². The van der Waals surface area contributed by atoms with E-state index in [1.54, 1.807) is 24.8 Å². The van der Waals surface area contributed by atoms with E-state index in [9.17, 15) is 0 Å². The standard InChI is InChI=1S/C35H26N4O/c1-21-16-26(24-9-11-25(12-10-24)32-20-36-14-15-37-32)17-22(2)33(21)30-18-31(39-19-23(30)3)29-7-4-6-27-28-8-5-13-38-35(28)40-34(27)29/h4-20H,1-3H3. The number of rotatable bonds is 4. The van der Waals surface area contributed by atoms with E-state index >= 15 is 0 Å². The Hall–Kier alpha value is -5.16. The van der Waals surface area contributed by atoms with Crippen molar-refractivity contribution in [1.82, 2.24) is 19.9 Å². The molecule has 7 rings (SSSR count). The first kappa shape index (κ1) is 23.9. The Morgan fingerprint density at radius 1 is 0.550 bits per heavy atom. The number of para-hydroxylation sites is 1. The fraction of sp³-hybridized carbons (Fsp3) is 0.0857. The van der Waals surface area contributed by atoms with Gasteiger partial charge < -0.3 is 4.42 Å². The summed E-state index contributed by atoms with van der Waals surface area (Å²) in [5, 5.41) is 2.06. The topological polar surface area (TPSA) is 64.7 Å². The summed E-state index contributed by atoms with van der Waals surface area (Å²) in [7, 11) is 0. The molecule has 0 amide bonds. The van der Waals surface area contributed by atoms with Gasteiger partial charge in [0.25, 0.3) is 0 Å².